The smallest absolute Gasteiger partial charge is 0.115 e. The maximum Gasteiger partial charge on any atom is 0.115 e. The maximum atomic E-state index is 9.25. The van der Waals surface area contributed by atoms with Crippen LogP contribution in [0.3, 0.4) is 0 Å². The molecule has 1 fully saturated rings. The fourth-order valence-corrected chi connectivity index (χ4v) is 3.45. The number of phenolic OH excluding ortho intramolecular Hbond substituents is 1. The Morgan fingerprint density at radius 3 is 2.73 bits per heavy atom. The number of benzene rings is 1. The van der Waals surface area contributed by atoms with Crippen LogP contribution in [0.5, 0.6) is 5.75 Å². The van der Waals surface area contributed by atoms with Crippen molar-refractivity contribution >= 4 is 11.8 Å². The van der Waals surface area contributed by atoms with Gasteiger partial charge in [-0.15, -0.1) is 0 Å². The Bertz CT molecular complexity index is 312. The Hall–Kier alpha value is -0.670. The van der Waals surface area contributed by atoms with Gasteiger partial charge in [-0.2, -0.15) is 11.8 Å². The molecule has 1 aliphatic rings. The van der Waals surface area contributed by atoms with Crippen molar-refractivity contribution in [3.8, 4) is 5.75 Å². The van der Waals surface area contributed by atoms with E-state index in [0.29, 0.717) is 17.6 Å². The fraction of sp³-hybridized carbons (Fsp3) is 0.500. The van der Waals surface area contributed by atoms with E-state index in [1.54, 1.807) is 12.1 Å². The molecule has 0 radical (unpaired) electrons. The molecular weight excluding hydrogens is 206 g/mol. The van der Waals surface area contributed by atoms with Crippen LogP contribution in [0.15, 0.2) is 24.3 Å². The molecule has 0 spiro atoms. The van der Waals surface area contributed by atoms with Gasteiger partial charge in [0.15, 0.2) is 0 Å². The number of hydrogen-bond donors (Lipinski definition) is 2. The first-order valence-electron chi connectivity index (χ1n) is 5.38. The summed E-state index contributed by atoms with van der Waals surface area (Å²) >= 11 is 2.00. The quantitative estimate of drug-likeness (QED) is 0.808. The van der Waals surface area contributed by atoms with Gasteiger partial charge in [-0.25, -0.2) is 0 Å². The van der Waals surface area contributed by atoms with Gasteiger partial charge in [0.25, 0.3) is 0 Å². The van der Waals surface area contributed by atoms with Crippen LogP contribution in [-0.4, -0.2) is 23.2 Å². The molecule has 0 aromatic heterocycles. The average Bonchev–Trinajstić information content (AvgIpc) is 2.30. The lowest BCUT2D eigenvalue weighted by Crippen LogP contribution is -2.28. The minimum atomic E-state index is 0.341. The van der Waals surface area contributed by atoms with Gasteiger partial charge in [-0.1, -0.05) is 12.1 Å². The zero-order chi connectivity index (χ0) is 10.7. The molecule has 82 valence electrons. The topological polar surface area (TPSA) is 46.2 Å². The van der Waals surface area contributed by atoms with Crippen LogP contribution in [0.4, 0.5) is 0 Å². The molecule has 2 unspecified atom stereocenters. The van der Waals surface area contributed by atoms with E-state index in [1.165, 1.54) is 23.5 Å². The summed E-state index contributed by atoms with van der Waals surface area (Å²) in [7, 11) is 0. The van der Waals surface area contributed by atoms with E-state index in [0.717, 1.165) is 6.54 Å². The molecule has 1 aromatic carbocycles. The largest absolute Gasteiger partial charge is 0.508 e. The molecule has 0 aliphatic carbocycles. The molecule has 1 aromatic rings. The van der Waals surface area contributed by atoms with Gasteiger partial charge in [-0.3, -0.25) is 0 Å². The fourth-order valence-electron chi connectivity index (χ4n) is 2.19. The molecule has 2 rings (SSSR count). The number of phenols is 1. The van der Waals surface area contributed by atoms with Crippen LogP contribution < -0.4 is 5.73 Å². The van der Waals surface area contributed by atoms with Gasteiger partial charge in [0.05, 0.1) is 0 Å². The molecule has 1 aliphatic heterocycles. The Balaban J connectivity index is 2.16. The van der Waals surface area contributed by atoms with Crippen LogP contribution in [0.2, 0.25) is 0 Å². The molecule has 3 N–H and O–H groups in total. The van der Waals surface area contributed by atoms with E-state index < -0.39 is 0 Å². The summed E-state index contributed by atoms with van der Waals surface area (Å²) in [5, 5.41) is 9.25. The molecule has 2 nitrogen and oxygen atoms in total. The first-order valence-corrected chi connectivity index (χ1v) is 6.53. The lowest BCUT2D eigenvalue weighted by atomic mass is 9.85. The summed E-state index contributed by atoms with van der Waals surface area (Å²) in [6, 6.07) is 7.59. The highest BCUT2D eigenvalue weighted by molar-refractivity contribution is 7.99. The molecule has 1 heterocycles. The summed E-state index contributed by atoms with van der Waals surface area (Å²) in [4.78, 5) is 0. The maximum absolute atomic E-state index is 9.25. The normalized spacial score (nSPS) is 26.5. The number of nitrogens with two attached hydrogens (primary N) is 1. The summed E-state index contributed by atoms with van der Waals surface area (Å²) < 4.78 is 0. The van der Waals surface area contributed by atoms with Crippen molar-refractivity contribution in [1.82, 2.24) is 0 Å². The van der Waals surface area contributed by atoms with Crippen molar-refractivity contribution in [3.05, 3.63) is 29.8 Å². The van der Waals surface area contributed by atoms with Crippen molar-refractivity contribution in [2.24, 2.45) is 11.7 Å². The van der Waals surface area contributed by atoms with Gasteiger partial charge in [-0.05, 0) is 54.0 Å². The Morgan fingerprint density at radius 2 is 2.07 bits per heavy atom. The lowest BCUT2D eigenvalue weighted by molar-refractivity contribution is 0.452. The monoisotopic (exact) mass is 223 g/mol. The Morgan fingerprint density at radius 1 is 1.33 bits per heavy atom. The average molecular weight is 223 g/mol. The van der Waals surface area contributed by atoms with E-state index in [9.17, 15) is 5.11 Å². The molecule has 0 amide bonds. The summed E-state index contributed by atoms with van der Waals surface area (Å²) in [5.74, 6) is 3.91. The van der Waals surface area contributed by atoms with E-state index in [-0.39, 0.29) is 0 Å². The molecule has 3 heteroatoms. The number of aromatic hydroxyl groups is 1. The van der Waals surface area contributed by atoms with Gasteiger partial charge in [0.2, 0.25) is 0 Å². The van der Waals surface area contributed by atoms with Crippen LogP contribution >= 0.6 is 11.8 Å². The third-order valence-corrected chi connectivity index (χ3v) is 4.29. The predicted octanol–water partition coefficient (Wildman–Crippen LogP) is 2.19. The van der Waals surface area contributed by atoms with Crippen molar-refractivity contribution in [1.29, 1.82) is 0 Å². The second kappa shape index (κ2) is 4.90. The highest BCUT2D eigenvalue weighted by Crippen LogP contribution is 2.36. The third-order valence-electron chi connectivity index (χ3n) is 3.10. The zero-order valence-electron chi connectivity index (χ0n) is 8.73. The van der Waals surface area contributed by atoms with Crippen LogP contribution in [0.25, 0.3) is 0 Å². The summed E-state index contributed by atoms with van der Waals surface area (Å²) in [6.45, 7) is 0.762. The van der Waals surface area contributed by atoms with E-state index in [2.05, 4.69) is 0 Å². The van der Waals surface area contributed by atoms with Gasteiger partial charge < -0.3 is 10.8 Å². The van der Waals surface area contributed by atoms with Gasteiger partial charge in [0.1, 0.15) is 5.75 Å². The van der Waals surface area contributed by atoms with Crippen molar-refractivity contribution in [2.75, 3.05) is 18.1 Å². The van der Waals surface area contributed by atoms with Gasteiger partial charge in [0, 0.05) is 0 Å². The molecular formula is C12H17NOS. The van der Waals surface area contributed by atoms with Crippen LogP contribution in [-0.2, 0) is 0 Å². The Kier molecular flexibility index (Phi) is 3.54. The minimum absolute atomic E-state index is 0.341. The highest BCUT2D eigenvalue weighted by atomic mass is 32.2. The van der Waals surface area contributed by atoms with Crippen molar-refractivity contribution < 1.29 is 5.11 Å². The first kappa shape index (κ1) is 10.8. The molecule has 0 bridgehead atoms. The number of hydrogen-bond acceptors (Lipinski definition) is 3. The number of thioether (sulfide) groups is 1. The molecule has 1 saturated heterocycles. The molecule has 0 saturated carbocycles. The lowest BCUT2D eigenvalue weighted by Gasteiger charge is -2.30. The SMILES string of the molecule is NCC1CSCCC1c1ccc(O)cc1. The standard InChI is InChI=1S/C12H17NOS/c13-7-10-8-15-6-5-12(10)9-1-3-11(14)4-2-9/h1-4,10,12,14H,5-8,13H2. The predicted molar refractivity (Wildman–Crippen MR) is 65.3 cm³/mol. The van der Waals surface area contributed by atoms with Gasteiger partial charge >= 0.3 is 0 Å². The zero-order valence-corrected chi connectivity index (χ0v) is 9.54. The van der Waals surface area contributed by atoms with E-state index in [1.807, 2.05) is 23.9 Å². The molecule has 2 atom stereocenters. The summed E-state index contributed by atoms with van der Waals surface area (Å²) in [6.07, 6.45) is 1.21. The Labute approximate surface area is 94.9 Å². The highest BCUT2D eigenvalue weighted by Gasteiger charge is 2.25. The summed E-state index contributed by atoms with van der Waals surface area (Å²) in [5.41, 5.74) is 7.12. The van der Waals surface area contributed by atoms with Crippen LogP contribution in [0.1, 0.15) is 17.9 Å². The second-order valence-corrected chi connectivity index (χ2v) is 5.21. The van der Waals surface area contributed by atoms with Crippen molar-refractivity contribution in [3.63, 3.8) is 0 Å². The minimum Gasteiger partial charge on any atom is -0.508 e. The number of rotatable bonds is 2. The van der Waals surface area contributed by atoms with E-state index in [4.69, 9.17) is 5.73 Å². The first-order chi connectivity index (χ1) is 7.31. The van der Waals surface area contributed by atoms with E-state index >= 15 is 0 Å². The third kappa shape index (κ3) is 2.47. The van der Waals surface area contributed by atoms with Crippen LogP contribution in [0, 0.1) is 5.92 Å². The molecule has 15 heavy (non-hydrogen) atoms. The van der Waals surface area contributed by atoms with Crippen molar-refractivity contribution in [2.45, 2.75) is 12.3 Å². The second-order valence-electron chi connectivity index (χ2n) is 4.06.